The van der Waals surface area contributed by atoms with Crippen molar-refractivity contribution >= 4 is 35.6 Å². The topological polar surface area (TPSA) is 54.6 Å². The highest BCUT2D eigenvalue weighted by molar-refractivity contribution is 6.99. The smallest absolute Gasteiger partial charge is 0.323 e. The standard InChI is InChI=1S/C35H40N2O3Si/c1-6-7-23-37-31(33-29(25-32(37)34(38)39-5)28-20-14-15-21-30(28)36-33)22-24-40-41(35(2,3)4,26-16-10-8-11-17-26)27-18-12-9-13-19-27/h8-21,31-32,36H,22-25H2,1-5H3/t31-,32-/m0/s1. The molecule has 1 aliphatic heterocycles. The number of carbonyl (C=O) groups is 1. The molecule has 0 radical (unpaired) electrons. The molecule has 3 aromatic carbocycles. The monoisotopic (exact) mass is 564 g/mol. The minimum atomic E-state index is -2.70. The highest BCUT2D eigenvalue weighted by atomic mass is 28.4. The maximum Gasteiger partial charge on any atom is 0.323 e. The van der Waals surface area contributed by atoms with Crippen molar-refractivity contribution in [3.05, 3.63) is 96.2 Å². The summed E-state index contributed by atoms with van der Waals surface area (Å²) >= 11 is 0. The molecule has 1 aromatic heterocycles. The average molecular weight is 565 g/mol. The highest BCUT2D eigenvalue weighted by Gasteiger charge is 2.50. The number of carbonyl (C=O) groups excluding carboxylic acids is 1. The van der Waals surface area contributed by atoms with Gasteiger partial charge in [-0.05, 0) is 40.4 Å². The van der Waals surface area contributed by atoms with Crippen molar-refractivity contribution in [3.8, 4) is 11.8 Å². The number of ether oxygens (including phenoxy) is 1. The van der Waals surface area contributed by atoms with E-state index in [1.807, 2.05) is 13.0 Å². The van der Waals surface area contributed by atoms with Crippen molar-refractivity contribution in [2.75, 3.05) is 20.3 Å². The second-order valence-corrected chi connectivity index (χ2v) is 16.0. The van der Waals surface area contributed by atoms with Gasteiger partial charge in [0.1, 0.15) is 6.04 Å². The van der Waals surface area contributed by atoms with E-state index in [2.05, 4.69) is 121 Å². The lowest BCUT2D eigenvalue weighted by Crippen LogP contribution is -2.66. The van der Waals surface area contributed by atoms with Crippen molar-refractivity contribution in [1.29, 1.82) is 0 Å². The van der Waals surface area contributed by atoms with E-state index in [0.717, 1.165) is 16.6 Å². The molecular formula is C35H40N2O3Si. The molecule has 2 heterocycles. The lowest BCUT2D eigenvalue weighted by molar-refractivity contribution is -0.148. The summed E-state index contributed by atoms with van der Waals surface area (Å²) in [5.74, 6) is 6.03. The Morgan fingerprint density at radius 3 is 2.17 bits per heavy atom. The van der Waals surface area contributed by atoms with Gasteiger partial charge >= 0.3 is 5.97 Å². The summed E-state index contributed by atoms with van der Waals surface area (Å²) in [6, 6.07) is 29.3. The summed E-state index contributed by atoms with van der Waals surface area (Å²) in [5.41, 5.74) is 3.42. The van der Waals surface area contributed by atoms with E-state index < -0.39 is 14.4 Å². The fraction of sp³-hybridized carbons (Fsp3) is 0.343. The van der Waals surface area contributed by atoms with Gasteiger partial charge in [0.25, 0.3) is 8.32 Å². The quantitative estimate of drug-likeness (QED) is 0.172. The van der Waals surface area contributed by atoms with Gasteiger partial charge in [-0.25, -0.2) is 0 Å². The second-order valence-electron chi connectivity index (χ2n) is 11.7. The Labute approximate surface area is 245 Å². The Morgan fingerprint density at radius 1 is 0.976 bits per heavy atom. The number of hydrogen-bond acceptors (Lipinski definition) is 4. The van der Waals surface area contributed by atoms with Crippen LogP contribution in [0.15, 0.2) is 84.9 Å². The summed E-state index contributed by atoms with van der Waals surface area (Å²) in [4.78, 5) is 19.0. The van der Waals surface area contributed by atoms with Crippen LogP contribution in [0.5, 0.6) is 0 Å². The predicted octanol–water partition coefficient (Wildman–Crippen LogP) is 5.60. The Balaban J connectivity index is 1.57. The Kier molecular flexibility index (Phi) is 8.51. The number of nitrogens with one attached hydrogen (secondary N) is 1. The van der Waals surface area contributed by atoms with Gasteiger partial charge in [0.2, 0.25) is 0 Å². The van der Waals surface area contributed by atoms with Crippen LogP contribution in [0.4, 0.5) is 0 Å². The Morgan fingerprint density at radius 2 is 1.59 bits per heavy atom. The summed E-state index contributed by atoms with van der Waals surface area (Å²) in [7, 11) is -1.23. The number of aromatic nitrogens is 1. The fourth-order valence-electron chi connectivity index (χ4n) is 6.56. The van der Waals surface area contributed by atoms with Crippen LogP contribution in [0, 0.1) is 11.8 Å². The molecule has 41 heavy (non-hydrogen) atoms. The number of aromatic amines is 1. The number of methoxy groups -OCH3 is 1. The third-order valence-electron chi connectivity index (χ3n) is 8.42. The summed E-state index contributed by atoms with van der Waals surface area (Å²) in [5, 5.41) is 3.57. The van der Waals surface area contributed by atoms with Crippen LogP contribution < -0.4 is 10.4 Å². The molecule has 0 fully saturated rings. The van der Waals surface area contributed by atoms with Gasteiger partial charge in [0, 0.05) is 29.6 Å². The van der Waals surface area contributed by atoms with Crippen molar-refractivity contribution in [2.45, 2.75) is 57.7 Å². The van der Waals surface area contributed by atoms with E-state index >= 15 is 0 Å². The molecule has 1 N–H and O–H groups in total. The summed E-state index contributed by atoms with van der Waals surface area (Å²) in [6.45, 7) is 9.75. The first-order valence-electron chi connectivity index (χ1n) is 14.4. The molecule has 1 aliphatic rings. The van der Waals surface area contributed by atoms with Crippen LogP contribution in [-0.2, 0) is 20.4 Å². The van der Waals surface area contributed by atoms with Crippen molar-refractivity contribution in [2.24, 2.45) is 0 Å². The van der Waals surface area contributed by atoms with E-state index in [-0.39, 0.29) is 17.0 Å². The Hall–Kier alpha value is -3.63. The highest BCUT2D eigenvalue weighted by Crippen LogP contribution is 2.41. The number of benzene rings is 3. The van der Waals surface area contributed by atoms with Gasteiger partial charge in [-0.1, -0.05) is 106 Å². The molecule has 6 heteroatoms. The van der Waals surface area contributed by atoms with E-state index in [0.29, 0.717) is 26.0 Å². The number of rotatable bonds is 8. The molecule has 4 aromatic rings. The first-order chi connectivity index (χ1) is 19.8. The fourth-order valence-corrected chi connectivity index (χ4v) is 11.1. The number of fused-ring (bicyclic) bond motifs is 3. The van der Waals surface area contributed by atoms with Gasteiger partial charge in [0.15, 0.2) is 0 Å². The van der Waals surface area contributed by atoms with E-state index in [4.69, 9.17) is 9.16 Å². The van der Waals surface area contributed by atoms with Gasteiger partial charge < -0.3 is 14.1 Å². The zero-order valence-corrected chi connectivity index (χ0v) is 25.7. The number of H-pyrrole nitrogens is 1. The number of nitrogens with zero attached hydrogens (tertiary/aromatic N) is 1. The largest absolute Gasteiger partial charge is 0.468 e. The maximum atomic E-state index is 13.1. The zero-order chi connectivity index (χ0) is 29.0. The number of esters is 1. The average Bonchev–Trinajstić information content (AvgIpc) is 3.36. The van der Waals surface area contributed by atoms with Crippen LogP contribution in [0.3, 0.4) is 0 Å². The lowest BCUT2D eigenvalue weighted by Gasteiger charge is -2.44. The summed E-state index contributed by atoms with van der Waals surface area (Å²) in [6.07, 6.45) is 1.30. The van der Waals surface area contributed by atoms with E-state index in [9.17, 15) is 4.79 Å². The van der Waals surface area contributed by atoms with Gasteiger partial charge in [0.05, 0.1) is 19.7 Å². The summed E-state index contributed by atoms with van der Waals surface area (Å²) < 4.78 is 12.6. The SMILES string of the molecule is CC#CCN1[C@H](C(=O)OC)Cc2c([nH]c3ccccc23)[C@@H]1CCO[Si](c1ccccc1)(c1ccccc1)C(C)(C)C. The number of para-hydroxylation sites is 1. The molecule has 0 saturated carbocycles. The van der Waals surface area contributed by atoms with Crippen LogP contribution in [-0.4, -0.2) is 50.5 Å². The molecule has 0 unspecified atom stereocenters. The Bertz CT molecular complexity index is 1510. The van der Waals surface area contributed by atoms with Crippen molar-refractivity contribution in [3.63, 3.8) is 0 Å². The minimum Gasteiger partial charge on any atom is -0.468 e. The molecule has 2 atom stereocenters. The third-order valence-corrected chi connectivity index (χ3v) is 13.5. The first-order valence-corrected chi connectivity index (χ1v) is 16.3. The molecule has 0 spiro atoms. The van der Waals surface area contributed by atoms with Crippen LogP contribution >= 0.6 is 0 Å². The van der Waals surface area contributed by atoms with Crippen LogP contribution in [0.1, 0.15) is 51.4 Å². The van der Waals surface area contributed by atoms with Gasteiger partial charge in [-0.2, -0.15) is 0 Å². The van der Waals surface area contributed by atoms with Crippen LogP contribution in [0.25, 0.3) is 10.9 Å². The second kappa shape index (κ2) is 12.1. The van der Waals surface area contributed by atoms with E-state index in [1.165, 1.54) is 23.0 Å². The molecule has 5 rings (SSSR count). The van der Waals surface area contributed by atoms with Crippen LogP contribution in [0.2, 0.25) is 5.04 Å². The number of hydrogen-bond donors (Lipinski definition) is 1. The third kappa shape index (κ3) is 5.38. The molecule has 0 amide bonds. The molecule has 0 saturated heterocycles. The maximum absolute atomic E-state index is 13.1. The first kappa shape index (κ1) is 28.9. The van der Waals surface area contributed by atoms with Crippen molar-refractivity contribution in [1.82, 2.24) is 9.88 Å². The molecule has 212 valence electrons. The zero-order valence-electron chi connectivity index (χ0n) is 24.7. The molecule has 0 bridgehead atoms. The normalized spacial score (nSPS) is 17.5. The predicted molar refractivity (Wildman–Crippen MR) is 169 cm³/mol. The molecule has 5 nitrogen and oxygen atoms in total. The van der Waals surface area contributed by atoms with E-state index in [1.54, 1.807) is 0 Å². The lowest BCUT2D eigenvalue weighted by atomic mass is 9.90. The minimum absolute atomic E-state index is 0.0747. The molecule has 0 aliphatic carbocycles. The van der Waals surface area contributed by atoms with Gasteiger partial charge in [-0.15, -0.1) is 5.92 Å². The van der Waals surface area contributed by atoms with Gasteiger partial charge in [-0.3, -0.25) is 9.69 Å². The molecular weight excluding hydrogens is 524 g/mol. The van der Waals surface area contributed by atoms with Crippen molar-refractivity contribution < 1.29 is 14.0 Å².